The number of benzene rings is 1. The topological polar surface area (TPSA) is 38.0 Å². The van der Waals surface area contributed by atoms with Crippen LogP contribution in [0.5, 0.6) is 0 Å². The predicted octanol–water partition coefficient (Wildman–Crippen LogP) is 1.49. The van der Waals surface area contributed by atoms with Gasteiger partial charge in [0, 0.05) is 18.8 Å². The third kappa shape index (κ3) is 0.916. The molecule has 1 heterocycles. The van der Waals surface area contributed by atoms with E-state index in [4.69, 9.17) is 5.73 Å². The summed E-state index contributed by atoms with van der Waals surface area (Å²) in [5, 5.41) is 3.33. The van der Waals surface area contributed by atoms with E-state index in [0.717, 1.165) is 18.8 Å². The molecular formula is C10H14N2. The lowest BCUT2D eigenvalue weighted by atomic mass is 9.99. The van der Waals surface area contributed by atoms with Crippen LogP contribution in [0.2, 0.25) is 0 Å². The molecule has 1 aliphatic rings. The minimum absolute atomic E-state index is 0.956. The van der Waals surface area contributed by atoms with Crippen LogP contribution in [0.4, 0.5) is 5.69 Å². The Bertz CT molecular complexity index is 329. The number of nitrogens with one attached hydrogen (secondary N) is 1. The number of anilines is 1. The summed E-state index contributed by atoms with van der Waals surface area (Å²) in [4.78, 5) is 0. The molecule has 0 amide bonds. The van der Waals surface area contributed by atoms with Crippen molar-refractivity contribution in [3.63, 3.8) is 0 Å². The first kappa shape index (κ1) is 7.62. The largest absolute Gasteiger partial charge is 0.398 e. The maximum absolute atomic E-state index is 5.93. The molecule has 1 aromatic carbocycles. The van der Waals surface area contributed by atoms with Crippen molar-refractivity contribution >= 4 is 5.69 Å². The fourth-order valence-electron chi connectivity index (χ4n) is 1.85. The summed E-state index contributed by atoms with van der Waals surface area (Å²) in [5.41, 5.74) is 12.2. The molecule has 1 aromatic rings. The maximum atomic E-state index is 5.93. The van der Waals surface area contributed by atoms with Gasteiger partial charge in [-0.15, -0.1) is 0 Å². The highest BCUT2D eigenvalue weighted by Crippen LogP contribution is 2.27. The summed E-state index contributed by atoms with van der Waals surface area (Å²) in [7, 11) is 0. The summed E-state index contributed by atoms with van der Waals surface area (Å²) < 4.78 is 0. The minimum Gasteiger partial charge on any atom is -0.398 e. The van der Waals surface area contributed by atoms with Gasteiger partial charge in [-0.25, -0.2) is 0 Å². The van der Waals surface area contributed by atoms with Crippen molar-refractivity contribution < 1.29 is 0 Å². The van der Waals surface area contributed by atoms with Crippen molar-refractivity contribution in [1.82, 2.24) is 5.32 Å². The second-order valence-electron chi connectivity index (χ2n) is 3.47. The highest BCUT2D eigenvalue weighted by molar-refractivity contribution is 5.59. The quantitative estimate of drug-likeness (QED) is 0.567. The molecule has 0 radical (unpaired) electrons. The van der Waals surface area contributed by atoms with Crippen molar-refractivity contribution in [2.75, 3.05) is 5.73 Å². The Labute approximate surface area is 72.8 Å². The average Bonchev–Trinajstić information content (AvgIpc) is 2.48. The molecule has 2 nitrogen and oxygen atoms in total. The van der Waals surface area contributed by atoms with Crippen LogP contribution in [0.15, 0.2) is 6.07 Å². The highest BCUT2D eigenvalue weighted by atomic mass is 14.9. The van der Waals surface area contributed by atoms with E-state index in [-0.39, 0.29) is 0 Å². The normalized spacial score (nSPS) is 14.8. The van der Waals surface area contributed by atoms with E-state index in [1.165, 1.54) is 22.3 Å². The number of rotatable bonds is 0. The van der Waals surface area contributed by atoms with Crippen LogP contribution >= 0.6 is 0 Å². The van der Waals surface area contributed by atoms with E-state index < -0.39 is 0 Å². The first-order valence-corrected chi connectivity index (χ1v) is 4.28. The molecule has 0 saturated carbocycles. The van der Waals surface area contributed by atoms with Gasteiger partial charge in [0.2, 0.25) is 0 Å². The second-order valence-corrected chi connectivity index (χ2v) is 3.47. The van der Waals surface area contributed by atoms with Crippen molar-refractivity contribution in [1.29, 1.82) is 0 Å². The van der Waals surface area contributed by atoms with E-state index in [1.807, 2.05) is 0 Å². The standard InChI is InChI=1S/C10H14N2/c1-6-3-8-4-12-5-9(8)7(2)10(6)11/h3,12H,4-5,11H2,1-2H3. The molecule has 1 aliphatic heterocycles. The molecule has 0 bridgehead atoms. The summed E-state index contributed by atoms with van der Waals surface area (Å²) in [6, 6.07) is 2.19. The number of nitrogen functional groups attached to an aromatic ring is 1. The maximum Gasteiger partial charge on any atom is 0.0376 e. The zero-order valence-electron chi connectivity index (χ0n) is 7.57. The van der Waals surface area contributed by atoms with E-state index in [9.17, 15) is 0 Å². The van der Waals surface area contributed by atoms with Crippen LogP contribution in [-0.4, -0.2) is 0 Å². The van der Waals surface area contributed by atoms with Crippen LogP contribution < -0.4 is 11.1 Å². The van der Waals surface area contributed by atoms with Crippen LogP contribution in [0.3, 0.4) is 0 Å². The number of fused-ring (bicyclic) bond motifs is 1. The van der Waals surface area contributed by atoms with Crippen LogP contribution in [-0.2, 0) is 13.1 Å². The molecular weight excluding hydrogens is 148 g/mol. The van der Waals surface area contributed by atoms with Gasteiger partial charge in [0.1, 0.15) is 0 Å². The SMILES string of the molecule is Cc1cc2c(c(C)c1N)CNC2. The van der Waals surface area contributed by atoms with E-state index in [1.54, 1.807) is 0 Å². The molecule has 0 atom stereocenters. The lowest BCUT2D eigenvalue weighted by Crippen LogP contribution is -2.01. The fraction of sp³-hybridized carbons (Fsp3) is 0.400. The molecule has 0 saturated heterocycles. The van der Waals surface area contributed by atoms with Crippen molar-refractivity contribution in [2.24, 2.45) is 0 Å². The molecule has 0 aliphatic carbocycles. The van der Waals surface area contributed by atoms with E-state index in [0.29, 0.717) is 0 Å². The van der Waals surface area contributed by atoms with Crippen molar-refractivity contribution in [3.8, 4) is 0 Å². The van der Waals surface area contributed by atoms with Gasteiger partial charge >= 0.3 is 0 Å². The molecule has 0 unspecified atom stereocenters. The molecule has 0 aromatic heterocycles. The van der Waals surface area contributed by atoms with Gasteiger partial charge in [-0.05, 0) is 36.1 Å². The fourth-order valence-corrected chi connectivity index (χ4v) is 1.85. The van der Waals surface area contributed by atoms with Gasteiger partial charge in [-0.2, -0.15) is 0 Å². The van der Waals surface area contributed by atoms with E-state index in [2.05, 4.69) is 25.2 Å². The van der Waals surface area contributed by atoms with E-state index >= 15 is 0 Å². The summed E-state index contributed by atoms with van der Waals surface area (Å²) in [6.45, 7) is 6.15. The van der Waals surface area contributed by atoms with Crippen molar-refractivity contribution in [3.05, 3.63) is 28.3 Å². The molecule has 2 rings (SSSR count). The predicted molar refractivity (Wildman–Crippen MR) is 50.9 cm³/mol. The molecule has 0 spiro atoms. The summed E-state index contributed by atoms with van der Waals surface area (Å²) >= 11 is 0. The Hall–Kier alpha value is -1.02. The second kappa shape index (κ2) is 2.49. The van der Waals surface area contributed by atoms with Crippen LogP contribution in [0.1, 0.15) is 22.3 Å². The smallest absolute Gasteiger partial charge is 0.0376 e. The first-order valence-electron chi connectivity index (χ1n) is 4.28. The highest BCUT2D eigenvalue weighted by Gasteiger charge is 2.14. The Balaban J connectivity index is 2.67. The van der Waals surface area contributed by atoms with Gasteiger partial charge in [0.25, 0.3) is 0 Å². The molecule has 3 N–H and O–H groups in total. The Morgan fingerprint density at radius 2 is 2.08 bits per heavy atom. The van der Waals surface area contributed by atoms with Gasteiger partial charge in [0.15, 0.2) is 0 Å². The summed E-state index contributed by atoms with van der Waals surface area (Å²) in [6.07, 6.45) is 0. The zero-order chi connectivity index (χ0) is 8.72. The number of nitrogens with two attached hydrogens (primary N) is 1. The Morgan fingerprint density at radius 3 is 2.83 bits per heavy atom. The lowest BCUT2D eigenvalue weighted by molar-refractivity contribution is 0.763. The molecule has 0 fully saturated rings. The third-order valence-electron chi connectivity index (χ3n) is 2.68. The minimum atomic E-state index is 0.956. The van der Waals surface area contributed by atoms with Gasteiger partial charge in [-0.1, -0.05) is 6.07 Å². The average molecular weight is 162 g/mol. The molecule has 64 valence electrons. The summed E-state index contributed by atoms with van der Waals surface area (Å²) in [5.74, 6) is 0. The van der Waals surface area contributed by atoms with Crippen LogP contribution in [0.25, 0.3) is 0 Å². The van der Waals surface area contributed by atoms with Gasteiger partial charge in [0.05, 0.1) is 0 Å². The molecule has 12 heavy (non-hydrogen) atoms. The monoisotopic (exact) mass is 162 g/mol. The lowest BCUT2D eigenvalue weighted by Gasteiger charge is -2.09. The number of hydrogen-bond acceptors (Lipinski definition) is 2. The van der Waals surface area contributed by atoms with Crippen molar-refractivity contribution in [2.45, 2.75) is 26.9 Å². The zero-order valence-corrected chi connectivity index (χ0v) is 7.57. The van der Waals surface area contributed by atoms with Gasteiger partial charge in [-0.3, -0.25) is 0 Å². The molecule has 2 heteroatoms. The first-order chi connectivity index (χ1) is 5.70. The number of hydrogen-bond donors (Lipinski definition) is 2. The van der Waals surface area contributed by atoms with Crippen LogP contribution in [0, 0.1) is 13.8 Å². The number of aryl methyl sites for hydroxylation is 1. The Morgan fingerprint density at radius 1 is 1.33 bits per heavy atom. The van der Waals surface area contributed by atoms with Gasteiger partial charge < -0.3 is 11.1 Å². The third-order valence-corrected chi connectivity index (χ3v) is 2.68. The Kier molecular flexibility index (Phi) is 1.58.